The summed E-state index contributed by atoms with van der Waals surface area (Å²) in [6.07, 6.45) is -0.109. The first kappa shape index (κ1) is 21.4. The van der Waals surface area contributed by atoms with Gasteiger partial charge in [-0.2, -0.15) is 0 Å². The number of nitrogens with zero attached hydrogens (tertiary/aromatic N) is 1. The Bertz CT molecular complexity index is 1040. The van der Waals surface area contributed by atoms with Gasteiger partial charge in [-0.3, -0.25) is 4.79 Å². The number of hydrogen-bond donors (Lipinski definition) is 1. The van der Waals surface area contributed by atoms with Gasteiger partial charge in [0.1, 0.15) is 23.7 Å². The molecule has 0 aliphatic rings. The highest BCUT2D eigenvalue weighted by molar-refractivity contribution is 5.99. The molecule has 7 heteroatoms. The van der Waals surface area contributed by atoms with Crippen molar-refractivity contribution in [2.75, 3.05) is 6.54 Å². The number of carbonyl (C=O) groups excluding carboxylic acids is 2. The third-order valence-corrected chi connectivity index (χ3v) is 4.82. The van der Waals surface area contributed by atoms with Gasteiger partial charge in [-0.15, -0.1) is 0 Å². The van der Waals surface area contributed by atoms with E-state index in [2.05, 4.69) is 10.5 Å². The molecular weight excluding hydrogens is 384 g/mol. The number of esters is 1. The second kappa shape index (κ2) is 9.43. The molecule has 1 aromatic heterocycles. The summed E-state index contributed by atoms with van der Waals surface area (Å²) >= 11 is 0. The Morgan fingerprint density at radius 1 is 1.17 bits per heavy atom. The summed E-state index contributed by atoms with van der Waals surface area (Å²) in [6, 6.07) is 11.2. The summed E-state index contributed by atoms with van der Waals surface area (Å²) in [5, 5.41) is 8.45. The van der Waals surface area contributed by atoms with Gasteiger partial charge in [0.25, 0.3) is 5.91 Å². The van der Waals surface area contributed by atoms with Crippen LogP contribution >= 0.6 is 0 Å². The fourth-order valence-corrected chi connectivity index (χ4v) is 3.03. The summed E-state index contributed by atoms with van der Waals surface area (Å²) in [6.45, 7) is 7.88. The molecule has 7 nitrogen and oxygen atoms in total. The Labute approximate surface area is 175 Å². The molecule has 158 valence electrons. The van der Waals surface area contributed by atoms with E-state index >= 15 is 0 Å². The van der Waals surface area contributed by atoms with Gasteiger partial charge in [0, 0.05) is 6.54 Å². The minimum Gasteiger partial charge on any atom is -0.488 e. The molecule has 0 aliphatic carbocycles. The van der Waals surface area contributed by atoms with Crippen LogP contribution < -0.4 is 10.1 Å². The van der Waals surface area contributed by atoms with Gasteiger partial charge < -0.3 is 19.3 Å². The van der Waals surface area contributed by atoms with Gasteiger partial charge in [-0.25, -0.2) is 4.79 Å². The summed E-state index contributed by atoms with van der Waals surface area (Å²) < 4.78 is 16.6. The monoisotopic (exact) mass is 410 g/mol. The van der Waals surface area contributed by atoms with Gasteiger partial charge in [0.2, 0.25) is 0 Å². The zero-order valence-electron chi connectivity index (χ0n) is 17.7. The van der Waals surface area contributed by atoms with Gasteiger partial charge in [0.15, 0.2) is 6.10 Å². The third kappa shape index (κ3) is 4.79. The van der Waals surface area contributed by atoms with Crippen LogP contribution in [0.1, 0.15) is 47.6 Å². The molecule has 1 atom stereocenters. The molecule has 0 fully saturated rings. The van der Waals surface area contributed by atoms with E-state index in [4.69, 9.17) is 14.0 Å². The van der Waals surface area contributed by atoms with Crippen LogP contribution in [0.3, 0.4) is 0 Å². The number of hydrogen-bond acceptors (Lipinski definition) is 6. The molecule has 0 aliphatic heterocycles. The number of aryl methyl sites for hydroxylation is 2. The van der Waals surface area contributed by atoms with Crippen LogP contribution in [0.4, 0.5) is 0 Å². The number of benzene rings is 2. The van der Waals surface area contributed by atoms with E-state index in [-0.39, 0.29) is 18.1 Å². The van der Waals surface area contributed by atoms with Gasteiger partial charge in [-0.05, 0) is 50.1 Å². The molecule has 0 radical (unpaired) electrons. The Hall–Kier alpha value is -3.35. The van der Waals surface area contributed by atoms with Crippen molar-refractivity contribution in [2.24, 2.45) is 0 Å². The fourth-order valence-electron chi connectivity index (χ4n) is 3.03. The van der Waals surface area contributed by atoms with Gasteiger partial charge in [0.05, 0.1) is 11.3 Å². The van der Waals surface area contributed by atoms with Gasteiger partial charge in [-0.1, -0.05) is 36.3 Å². The molecule has 0 bridgehead atoms. The van der Waals surface area contributed by atoms with E-state index in [0.717, 1.165) is 28.5 Å². The van der Waals surface area contributed by atoms with E-state index in [1.807, 2.05) is 45.0 Å². The highest BCUT2D eigenvalue weighted by atomic mass is 16.5. The van der Waals surface area contributed by atoms with Crippen LogP contribution in [0, 0.1) is 13.8 Å². The summed E-state index contributed by atoms with van der Waals surface area (Å²) in [5.74, 6) is 0.0938. The second-order valence-electron chi connectivity index (χ2n) is 7.13. The van der Waals surface area contributed by atoms with Crippen LogP contribution in [-0.2, 0) is 16.1 Å². The maximum Gasteiger partial charge on any atom is 0.342 e. The Kier molecular flexibility index (Phi) is 6.72. The van der Waals surface area contributed by atoms with E-state index in [9.17, 15) is 9.59 Å². The highest BCUT2D eigenvalue weighted by Gasteiger charge is 2.22. The average molecular weight is 410 g/mol. The van der Waals surface area contributed by atoms with Crippen LogP contribution in [0.5, 0.6) is 5.75 Å². The maximum atomic E-state index is 12.9. The first-order valence-corrected chi connectivity index (χ1v) is 9.96. The largest absolute Gasteiger partial charge is 0.488 e. The van der Waals surface area contributed by atoms with E-state index in [0.29, 0.717) is 18.1 Å². The molecule has 30 heavy (non-hydrogen) atoms. The number of fused-ring (bicyclic) bond motifs is 1. The summed E-state index contributed by atoms with van der Waals surface area (Å²) in [5.41, 5.74) is 1.82. The fraction of sp³-hybridized carbons (Fsp3) is 0.348. The minimum absolute atomic E-state index is 0.201. The topological polar surface area (TPSA) is 90.7 Å². The normalized spacial score (nSPS) is 11.9. The molecule has 0 spiro atoms. The van der Waals surface area contributed by atoms with E-state index < -0.39 is 12.1 Å². The number of rotatable bonds is 8. The summed E-state index contributed by atoms with van der Waals surface area (Å²) in [7, 11) is 0. The minimum atomic E-state index is -0.911. The lowest BCUT2D eigenvalue weighted by Gasteiger charge is -2.16. The number of nitrogens with one attached hydrogen (secondary N) is 1. The quantitative estimate of drug-likeness (QED) is 0.563. The lowest BCUT2D eigenvalue weighted by Crippen LogP contribution is -2.36. The average Bonchev–Trinajstić information content (AvgIpc) is 3.06. The Morgan fingerprint density at radius 2 is 1.87 bits per heavy atom. The zero-order chi connectivity index (χ0) is 21.7. The predicted molar refractivity (Wildman–Crippen MR) is 112 cm³/mol. The third-order valence-electron chi connectivity index (χ3n) is 4.82. The number of amides is 1. The zero-order valence-corrected chi connectivity index (χ0v) is 17.7. The van der Waals surface area contributed by atoms with E-state index in [1.54, 1.807) is 19.1 Å². The van der Waals surface area contributed by atoms with Crippen molar-refractivity contribution < 1.29 is 23.6 Å². The summed E-state index contributed by atoms with van der Waals surface area (Å²) in [4.78, 5) is 25.0. The van der Waals surface area contributed by atoms with E-state index in [1.165, 1.54) is 0 Å². The van der Waals surface area contributed by atoms with Crippen molar-refractivity contribution in [1.29, 1.82) is 0 Å². The molecule has 0 saturated carbocycles. The number of ether oxygens (including phenoxy) is 2. The molecular formula is C23H26N2O5. The molecule has 1 heterocycles. The second-order valence-corrected chi connectivity index (χ2v) is 7.13. The smallest absolute Gasteiger partial charge is 0.342 e. The molecule has 1 N–H and O–H groups in total. The SMILES string of the molecule is CCCNC(=O)[C@H](C)OC(=O)c1cc2ccccc2cc1OCc1c(C)noc1C. The molecule has 3 aromatic rings. The molecule has 0 saturated heterocycles. The lowest BCUT2D eigenvalue weighted by atomic mass is 10.1. The number of aromatic nitrogens is 1. The van der Waals surface area contributed by atoms with Crippen molar-refractivity contribution in [3.8, 4) is 5.75 Å². The van der Waals surface area contributed by atoms with Crippen LogP contribution in [-0.4, -0.2) is 29.7 Å². The van der Waals surface area contributed by atoms with Crippen LogP contribution in [0.2, 0.25) is 0 Å². The molecule has 0 unspecified atom stereocenters. The first-order valence-electron chi connectivity index (χ1n) is 9.96. The Balaban J connectivity index is 1.86. The molecule has 1 amide bonds. The van der Waals surface area contributed by atoms with Gasteiger partial charge >= 0.3 is 5.97 Å². The van der Waals surface area contributed by atoms with Crippen molar-refractivity contribution >= 4 is 22.6 Å². The van der Waals surface area contributed by atoms with Crippen molar-refractivity contribution in [3.05, 3.63) is 59.0 Å². The van der Waals surface area contributed by atoms with Crippen LogP contribution in [0.15, 0.2) is 40.9 Å². The highest BCUT2D eigenvalue weighted by Crippen LogP contribution is 2.28. The predicted octanol–water partition coefficient (Wildman–Crippen LogP) is 4.10. The standard InChI is InChI=1S/C23H26N2O5/c1-5-10-24-22(26)16(4)29-23(27)19-11-17-8-6-7-9-18(17)12-21(19)28-13-20-14(2)25-30-15(20)3/h6-9,11-12,16H,5,10,13H2,1-4H3,(H,24,26)/t16-/m0/s1. The number of carbonyl (C=O) groups is 2. The lowest BCUT2D eigenvalue weighted by molar-refractivity contribution is -0.129. The van der Waals surface area contributed by atoms with Crippen molar-refractivity contribution in [3.63, 3.8) is 0 Å². The molecule has 2 aromatic carbocycles. The van der Waals surface area contributed by atoms with Crippen molar-refractivity contribution in [1.82, 2.24) is 10.5 Å². The molecule has 3 rings (SSSR count). The Morgan fingerprint density at radius 3 is 2.50 bits per heavy atom. The maximum absolute atomic E-state index is 12.9. The van der Waals surface area contributed by atoms with Crippen molar-refractivity contribution in [2.45, 2.75) is 46.8 Å². The van der Waals surface area contributed by atoms with Crippen LogP contribution in [0.25, 0.3) is 10.8 Å². The first-order chi connectivity index (χ1) is 14.4.